The van der Waals surface area contributed by atoms with Crippen molar-refractivity contribution in [2.75, 3.05) is 24.7 Å². The molecule has 0 amide bonds. The van der Waals surface area contributed by atoms with Gasteiger partial charge in [-0.15, -0.1) is 0 Å². The molecule has 2 aromatic heterocycles. The fourth-order valence-electron chi connectivity index (χ4n) is 2.29. The number of anilines is 1. The van der Waals surface area contributed by atoms with Gasteiger partial charge in [0.2, 0.25) is 0 Å². The van der Waals surface area contributed by atoms with Gasteiger partial charge >= 0.3 is 0 Å². The highest BCUT2D eigenvalue weighted by molar-refractivity contribution is 6.30. The van der Waals surface area contributed by atoms with Crippen molar-refractivity contribution in [2.24, 2.45) is 0 Å². The van der Waals surface area contributed by atoms with E-state index in [1.54, 1.807) is 12.3 Å². The van der Waals surface area contributed by atoms with Crippen LogP contribution in [0.3, 0.4) is 0 Å². The van der Waals surface area contributed by atoms with Gasteiger partial charge in [0.1, 0.15) is 11.0 Å². The third kappa shape index (κ3) is 2.02. The molecule has 94 valence electrons. The summed E-state index contributed by atoms with van der Waals surface area (Å²) in [6, 6.07) is 6.05. The molecule has 5 heteroatoms. The molecular formula is C13H14ClN3O. The number of rotatable bonds is 1. The Kier molecular flexibility index (Phi) is 3.06. The lowest BCUT2D eigenvalue weighted by atomic mass is 10.2. The molecule has 0 aliphatic carbocycles. The van der Waals surface area contributed by atoms with Crippen LogP contribution in [0, 0.1) is 0 Å². The highest BCUT2D eigenvalue weighted by Crippen LogP contribution is 2.28. The summed E-state index contributed by atoms with van der Waals surface area (Å²) in [4.78, 5) is 11.0. The number of hydrogen-bond donors (Lipinski definition) is 0. The highest BCUT2D eigenvalue weighted by atomic mass is 35.5. The molecule has 0 spiro atoms. The SMILES string of the molecule is C[C@@H]1COCCN1c1nc(Cl)cc2ncccc12. The summed E-state index contributed by atoms with van der Waals surface area (Å²) < 4.78 is 5.46. The number of morpholine rings is 1. The summed E-state index contributed by atoms with van der Waals surface area (Å²) in [7, 11) is 0. The molecule has 0 bridgehead atoms. The third-order valence-corrected chi connectivity index (χ3v) is 3.38. The van der Waals surface area contributed by atoms with Gasteiger partial charge in [-0.1, -0.05) is 11.6 Å². The van der Waals surface area contributed by atoms with Crippen LogP contribution in [0.1, 0.15) is 6.92 Å². The predicted octanol–water partition coefficient (Wildman–Crippen LogP) is 2.51. The van der Waals surface area contributed by atoms with Crippen LogP contribution in [-0.4, -0.2) is 35.8 Å². The van der Waals surface area contributed by atoms with Crippen molar-refractivity contribution in [1.29, 1.82) is 0 Å². The van der Waals surface area contributed by atoms with E-state index in [1.807, 2.05) is 12.1 Å². The maximum absolute atomic E-state index is 6.08. The average Bonchev–Trinajstić information content (AvgIpc) is 2.38. The molecule has 0 unspecified atom stereocenters. The maximum Gasteiger partial charge on any atom is 0.140 e. The van der Waals surface area contributed by atoms with Crippen LogP contribution >= 0.6 is 11.6 Å². The van der Waals surface area contributed by atoms with Crippen molar-refractivity contribution < 1.29 is 4.74 Å². The van der Waals surface area contributed by atoms with E-state index in [2.05, 4.69) is 21.8 Å². The molecule has 3 rings (SSSR count). The predicted molar refractivity (Wildman–Crippen MR) is 72.2 cm³/mol. The minimum Gasteiger partial charge on any atom is -0.377 e. The quantitative estimate of drug-likeness (QED) is 0.741. The Bertz CT molecular complexity index is 575. The summed E-state index contributed by atoms with van der Waals surface area (Å²) in [5.41, 5.74) is 0.881. The van der Waals surface area contributed by atoms with E-state index in [9.17, 15) is 0 Å². The molecule has 1 aliphatic heterocycles. The molecule has 1 aliphatic rings. The van der Waals surface area contributed by atoms with Gasteiger partial charge in [-0.3, -0.25) is 4.98 Å². The standard InChI is InChI=1S/C13H14ClN3O/c1-9-8-18-6-5-17(9)13-10-3-2-4-15-11(10)7-12(14)16-13/h2-4,7,9H,5-6,8H2,1H3/t9-/m1/s1. The van der Waals surface area contributed by atoms with Crippen LogP contribution in [0.15, 0.2) is 24.4 Å². The van der Waals surface area contributed by atoms with Crippen LogP contribution in [0.2, 0.25) is 5.15 Å². The second-order valence-electron chi connectivity index (χ2n) is 4.46. The molecule has 2 aromatic rings. The minimum atomic E-state index is 0.299. The van der Waals surface area contributed by atoms with Gasteiger partial charge in [0.25, 0.3) is 0 Å². The lowest BCUT2D eigenvalue weighted by Gasteiger charge is -2.34. The Labute approximate surface area is 111 Å². The summed E-state index contributed by atoms with van der Waals surface area (Å²) in [5, 5.41) is 1.52. The highest BCUT2D eigenvalue weighted by Gasteiger charge is 2.22. The molecule has 0 N–H and O–H groups in total. The summed E-state index contributed by atoms with van der Waals surface area (Å²) >= 11 is 6.08. The van der Waals surface area contributed by atoms with E-state index in [0.29, 0.717) is 11.2 Å². The zero-order valence-electron chi connectivity index (χ0n) is 10.1. The van der Waals surface area contributed by atoms with Crippen molar-refractivity contribution in [3.63, 3.8) is 0 Å². The first-order valence-corrected chi connectivity index (χ1v) is 6.39. The lowest BCUT2D eigenvalue weighted by molar-refractivity contribution is 0.0987. The first kappa shape index (κ1) is 11.7. The van der Waals surface area contributed by atoms with Crippen LogP contribution in [0.25, 0.3) is 10.9 Å². The van der Waals surface area contributed by atoms with Crippen molar-refractivity contribution in [3.8, 4) is 0 Å². The molecule has 1 fully saturated rings. The van der Waals surface area contributed by atoms with E-state index in [1.165, 1.54) is 0 Å². The van der Waals surface area contributed by atoms with Gasteiger partial charge in [-0.2, -0.15) is 0 Å². The average molecular weight is 264 g/mol. The topological polar surface area (TPSA) is 38.2 Å². The van der Waals surface area contributed by atoms with E-state index in [-0.39, 0.29) is 0 Å². The number of aromatic nitrogens is 2. The number of halogens is 1. The fourth-order valence-corrected chi connectivity index (χ4v) is 2.47. The molecule has 0 radical (unpaired) electrons. The Morgan fingerprint density at radius 2 is 2.39 bits per heavy atom. The first-order chi connectivity index (χ1) is 8.75. The van der Waals surface area contributed by atoms with Crippen LogP contribution in [-0.2, 0) is 4.74 Å². The largest absolute Gasteiger partial charge is 0.377 e. The Morgan fingerprint density at radius 1 is 1.50 bits per heavy atom. The van der Waals surface area contributed by atoms with Crippen molar-refractivity contribution in [3.05, 3.63) is 29.5 Å². The van der Waals surface area contributed by atoms with Gasteiger partial charge in [0.05, 0.1) is 24.8 Å². The lowest BCUT2D eigenvalue weighted by Crippen LogP contribution is -2.44. The molecule has 4 nitrogen and oxygen atoms in total. The van der Waals surface area contributed by atoms with E-state index in [4.69, 9.17) is 16.3 Å². The zero-order valence-corrected chi connectivity index (χ0v) is 10.9. The van der Waals surface area contributed by atoms with E-state index in [0.717, 1.165) is 36.5 Å². The molecule has 0 saturated carbocycles. The Balaban J connectivity index is 2.15. The summed E-state index contributed by atoms with van der Waals surface area (Å²) in [5.74, 6) is 0.904. The number of pyridine rings is 2. The monoisotopic (exact) mass is 263 g/mol. The molecule has 1 atom stereocenters. The number of ether oxygens (including phenoxy) is 1. The Hall–Kier alpha value is -1.39. The first-order valence-electron chi connectivity index (χ1n) is 6.01. The number of nitrogens with zero attached hydrogens (tertiary/aromatic N) is 3. The van der Waals surface area contributed by atoms with Crippen LogP contribution in [0.4, 0.5) is 5.82 Å². The van der Waals surface area contributed by atoms with Crippen molar-refractivity contribution >= 4 is 28.3 Å². The molecule has 18 heavy (non-hydrogen) atoms. The molecule has 3 heterocycles. The zero-order chi connectivity index (χ0) is 12.5. The van der Waals surface area contributed by atoms with Crippen molar-refractivity contribution in [1.82, 2.24) is 9.97 Å². The number of hydrogen-bond acceptors (Lipinski definition) is 4. The van der Waals surface area contributed by atoms with Gasteiger partial charge < -0.3 is 9.64 Å². The second kappa shape index (κ2) is 4.71. The smallest absolute Gasteiger partial charge is 0.140 e. The molecular weight excluding hydrogens is 250 g/mol. The third-order valence-electron chi connectivity index (χ3n) is 3.19. The van der Waals surface area contributed by atoms with Gasteiger partial charge in [0.15, 0.2) is 0 Å². The van der Waals surface area contributed by atoms with Gasteiger partial charge in [-0.05, 0) is 19.1 Å². The normalized spacial score (nSPS) is 20.3. The molecule has 0 aromatic carbocycles. The minimum absolute atomic E-state index is 0.299. The van der Waals surface area contributed by atoms with Gasteiger partial charge in [-0.25, -0.2) is 4.98 Å². The summed E-state index contributed by atoms with van der Waals surface area (Å²) in [6.07, 6.45) is 1.77. The van der Waals surface area contributed by atoms with Gasteiger partial charge in [0, 0.05) is 24.2 Å². The van der Waals surface area contributed by atoms with Crippen LogP contribution in [0.5, 0.6) is 0 Å². The second-order valence-corrected chi connectivity index (χ2v) is 4.84. The van der Waals surface area contributed by atoms with E-state index < -0.39 is 0 Å². The molecule has 1 saturated heterocycles. The van der Waals surface area contributed by atoms with Crippen LogP contribution < -0.4 is 4.90 Å². The maximum atomic E-state index is 6.08. The van der Waals surface area contributed by atoms with E-state index >= 15 is 0 Å². The summed E-state index contributed by atoms with van der Waals surface area (Å²) in [6.45, 7) is 4.40. The number of fused-ring (bicyclic) bond motifs is 1. The Morgan fingerprint density at radius 3 is 3.22 bits per heavy atom. The van der Waals surface area contributed by atoms with Crippen molar-refractivity contribution in [2.45, 2.75) is 13.0 Å². The fraction of sp³-hybridized carbons (Fsp3) is 0.385.